The minimum atomic E-state index is -0.547. The van der Waals surface area contributed by atoms with Crippen LogP contribution in [0.4, 0.5) is 5.82 Å². The van der Waals surface area contributed by atoms with Crippen molar-refractivity contribution in [2.24, 2.45) is 7.05 Å². The van der Waals surface area contributed by atoms with E-state index in [1.807, 2.05) is 0 Å². The molecule has 0 amide bonds. The van der Waals surface area contributed by atoms with E-state index in [0.29, 0.717) is 5.82 Å². The summed E-state index contributed by atoms with van der Waals surface area (Å²) in [5.41, 5.74) is 0. The molecule has 1 N–H and O–H groups in total. The van der Waals surface area contributed by atoms with E-state index < -0.39 is 5.24 Å². The summed E-state index contributed by atoms with van der Waals surface area (Å²) in [4.78, 5) is 14.5. The third-order valence-corrected chi connectivity index (χ3v) is 1.48. The Kier molecular flexibility index (Phi) is 2.14. The Labute approximate surface area is 69.2 Å². The molecule has 4 nitrogen and oxygen atoms in total. The number of aryl methyl sites for hydroxylation is 1. The average Bonchev–Trinajstić information content (AvgIpc) is 2.30. The summed E-state index contributed by atoms with van der Waals surface area (Å²) in [6.45, 7) is 0. The predicted octanol–water partition coefficient (Wildman–Crippen LogP) is 0.841. The molecule has 0 aliphatic heterocycles. The number of carbonyl (C=O) groups excluding carboxylic acids is 1. The second kappa shape index (κ2) is 2.92. The summed E-state index contributed by atoms with van der Waals surface area (Å²) in [6.07, 6.45) is 1.69. The Morgan fingerprint density at radius 2 is 2.45 bits per heavy atom. The summed E-state index contributed by atoms with van der Waals surface area (Å²) < 4.78 is 1.57. The van der Waals surface area contributed by atoms with Crippen molar-refractivity contribution in [3.05, 3.63) is 12.0 Å². The summed E-state index contributed by atoms with van der Waals surface area (Å²) >= 11 is 5.23. The lowest BCUT2D eigenvalue weighted by Gasteiger charge is -1.90. The molecule has 0 aromatic carbocycles. The van der Waals surface area contributed by atoms with Crippen LogP contribution in [0.15, 0.2) is 6.20 Å². The lowest BCUT2D eigenvalue weighted by Crippen LogP contribution is -1.99. The molecular weight excluding hydrogens is 166 g/mol. The monoisotopic (exact) mass is 173 g/mol. The Hall–Kier alpha value is -1.03. The highest BCUT2D eigenvalue weighted by Gasteiger charge is 2.09. The van der Waals surface area contributed by atoms with Crippen molar-refractivity contribution in [2.45, 2.75) is 0 Å². The van der Waals surface area contributed by atoms with Gasteiger partial charge in [0.15, 0.2) is 5.82 Å². The van der Waals surface area contributed by atoms with Crippen molar-refractivity contribution < 1.29 is 4.79 Å². The molecule has 0 aliphatic rings. The van der Waals surface area contributed by atoms with E-state index in [4.69, 9.17) is 11.6 Å². The third kappa shape index (κ3) is 1.51. The third-order valence-electron chi connectivity index (χ3n) is 1.31. The summed E-state index contributed by atoms with van der Waals surface area (Å²) in [5, 5.41) is 2.25. The molecule has 0 aliphatic carbocycles. The summed E-state index contributed by atoms with van der Waals surface area (Å²) in [6, 6.07) is 0. The zero-order valence-electron chi connectivity index (χ0n) is 6.26. The van der Waals surface area contributed by atoms with Crippen molar-refractivity contribution in [1.82, 2.24) is 9.55 Å². The normalized spacial score (nSPS) is 9.73. The number of anilines is 1. The molecule has 0 unspecified atom stereocenters. The van der Waals surface area contributed by atoms with Crippen molar-refractivity contribution in [2.75, 3.05) is 12.4 Å². The number of hydrogen-bond acceptors (Lipinski definition) is 3. The maximum absolute atomic E-state index is 10.6. The van der Waals surface area contributed by atoms with Gasteiger partial charge in [0.05, 0.1) is 0 Å². The lowest BCUT2D eigenvalue weighted by molar-refractivity contribution is 0.107. The summed E-state index contributed by atoms with van der Waals surface area (Å²) in [7, 11) is 3.44. The largest absolute Gasteiger partial charge is 0.372 e. The molecule has 0 fully saturated rings. The van der Waals surface area contributed by atoms with Crippen LogP contribution in [0, 0.1) is 0 Å². The van der Waals surface area contributed by atoms with Gasteiger partial charge in [-0.3, -0.25) is 4.79 Å². The Balaban J connectivity index is 3.07. The molecule has 1 rings (SSSR count). The van der Waals surface area contributed by atoms with Gasteiger partial charge in [-0.2, -0.15) is 0 Å². The van der Waals surface area contributed by atoms with Gasteiger partial charge >= 0.3 is 0 Å². The van der Waals surface area contributed by atoms with E-state index in [0.717, 1.165) is 0 Å². The first kappa shape index (κ1) is 8.07. The lowest BCUT2D eigenvalue weighted by atomic mass is 10.7. The van der Waals surface area contributed by atoms with E-state index in [1.54, 1.807) is 24.9 Å². The van der Waals surface area contributed by atoms with Gasteiger partial charge in [-0.05, 0) is 11.6 Å². The smallest absolute Gasteiger partial charge is 0.288 e. The number of imidazole rings is 1. The van der Waals surface area contributed by atoms with Crippen LogP contribution in [-0.4, -0.2) is 21.8 Å². The van der Waals surface area contributed by atoms with Crippen LogP contribution >= 0.6 is 11.6 Å². The highest BCUT2D eigenvalue weighted by molar-refractivity contribution is 6.67. The van der Waals surface area contributed by atoms with Crippen molar-refractivity contribution in [3.8, 4) is 0 Å². The number of nitrogens with one attached hydrogen (secondary N) is 1. The first-order valence-corrected chi connectivity index (χ1v) is 3.44. The Bertz CT molecular complexity index is 281. The second-order valence-corrected chi connectivity index (χ2v) is 2.43. The maximum atomic E-state index is 10.6. The van der Waals surface area contributed by atoms with E-state index in [-0.39, 0.29) is 5.82 Å². The van der Waals surface area contributed by atoms with E-state index in [9.17, 15) is 4.79 Å². The number of nitrogens with zero attached hydrogens (tertiary/aromatic N) is 2. The van der Waals surface area contributed by atoms with Crippen molar-refractivity contribution in [1.29, 1.82) is 0 Å². The standard InChI is InChI=1S/C6H8ClN3O/c1-8-4-3-10(2)6(9-4)5(7)11/h3,8H,1-2H3. The molecule has 1 aromatic rings. The van der Waals surface area contributed by atoms with E-state index in [2.05, 4.69) is 10.3 Å². The van der Waals surface area contributed by atoms with Gasteiger partial charge in [0.25, 0.3) is 5.24 Å². The summed E-state index contributed by atoms with van der Waals surface area (Å²) in [5.74, 6) is 0.882. The molecule has 0 saturated heterocycles. The number of halogens is 1. The predicted molar refractivity (Wildman–Crippen MR) is 42.9 cm³/mol. The molecular formula is C6H8ClN3O. The fourth-order valence-electron chi connectivity index (χ4n) is 0.769. The average molecular weight is 174 g/mol. The van der Waals surface area contributed by atoms with Crippen LogP contribution in [0.5, 0.6) is 0 Å². The van der Waals surface area contributed by atoms with Crippen LogP contribution in [0.1, 0.15) is 10.6 Å². The van der Waals surface area contributed by atoms with Gasteiger partial charge in [-0.15, -0.1) is 0 Å². The molecule has 60 valence electrons. The van der Waals surface area contributed by atoms with Crippen LogP contribution in [-0.2, 0) is 7.05 Å². The van der Waals surface area contributed by atoms with Crippen molar-refractivity contribution in [3.63, 3.8) is 0 Å². The van der Waals surface area contributed by atoms with E-state index in [1.165, 1.54) is 0 Å². The van der Waals surface area contributed by atoms with Gasteiger partial charge < -0.3 is 9.88 Å². The maximum Gasteiger partial charge on any atom is 0.288 e. The molecule has 0 radical (unpaired) electrons. The van der Waals surface area contributed by atoms with Gasteiger partial charge in [-0.1, -0.05) is 0 Å². The first-order valence-electron chi connectivity index (χ1n) is 3.06. The van der Waals surface area contributed by atoms with Gasteiger partial charge in [0, 0.05) is 20.3 Å². The number of carbonyl (C=O) groups is 1. The molecule has 5 heteroatoms. The quantitative estimate of drug-likeness (QED) is 0.675. The van der Waals surface area contributed by atoms with Crippen LogP contribution < -0.4 is 5.32 Å². The zero-order chi connectivity index (χ0) is 8.43. The number of rotatable bonds is 2. The van der Waals surface area contributed by atoms with Crippen molar-refractivity contribution >= 4 is 22.7 Å². The van der Waals surface area contributed by atoms with Crippen LogP contribution in [0.25, 0.3) is 0 Å². The molecule has 0 spiro atoms. The fraction of sp³-hybridized carbons (Fsp3) is 0.333. The minimum Gasteiger partial charge on any atom is -0.372 e. The zero-order valence-corrected chi connectivity index (χ0v) is 7.01. The molecule has 0 saturated carbocycles. The first-order chi connectivity index (χ1) is 5.15. The van der Waals surface area contributed by atoms with Gasteiger partial charge in [0.2, 0.25) is 0 Å². The fourth-order valence-corrected chi connectivity index (χ4v) is 0.945. The van der Waals surface area contributed by atoms with Crippen LogP contribution in [0.3, 0.4) is 0 Å². The second-order valence-electron chi connectivity index (χ2n) is 2.08. The number of hydrogen-bond donors (Lipinski definition) is 1. The molecule has 1 heterocycles. The molecule has 0 atom stereocenters. The highest BCUT2D eigenvalue weighted by atomic mass is 35.5. The van der Waals surface area contributed by atoms with Crippen LogP contribution in [0.2, 0.25) is 0 Å². The van der Waals surface area contributed by atoms with Gasteiger partial charge in [-0.25, -0.2) is 4.98 Å². The molecule has 0 bridgehead atoms. The highest BCUT2D eigenvalue weighted by Crippen LogP contribution is 2.07. The minimum absolute atomic E-state index is 0.246. The number of aromatic nitrogens is 2. The Morgan fingerprint density at radius 3 is 2.73 bits per heavy atom. The Morgan fingerprint density at radius 1 is 1.82 bits per heavy atom. The van der Waals surface area contributed by atoms with E-state index >= 15 is 0 Å². The SMILES string of the molecule is CNc1cn(C)c(C(=O)Cl)n1. The topological polar surface area (TPSA) is 46.9 Å². The van der Waals surface area contributed by atoms with Gasteiger partial charge in [0.1, 0.15) is 5.82 Å². The molecule has 1 aromatic heterocycles. The molecule has 11 heavy (non-hydrogen) atoms.